The first-order chi connectivity index (χ1) is 18.7. The predicted octanol–water partition coefficient (Wildman–Crippen LogP) is 7.39. The lowest BCUT2D eigenvalue weighted by Crippen LogP contribution is -2.39. The van der Waals surface area contributed by atoms with Crippen LogP contribution in [0, 0.1) is 23.8 Å². The average molecular weight is 513 g/mol. The van der Waals surface area contributed by atoms with E-state index < -0.39 is 6.09 Å². The molecule has 3 heterocycles. The minimum atomic E-state index is -1.09. The molecular weight excluding hydrogens is 472 g/mol. The Hall–Kier alpha value is -3.33. The first-order valence-corrected chi connectivity index (χ1v) is 14.6. The molecule has 6 nitrogen and oxygen atoms in total. The van der Waals surface area contributed by atoms with Gasteiger partial charge in [0.1, 0.15) is 0 Å². The monoisotopic (exact) mass is 512 g/mol. The summed E-state index contributed by atoms with van der Waals surface area (Å²) < 4.78 is 0. The number of rotatable bonds is 0. The molecule has 2 atom stereocenters. The van der Waals surface area contributed by atoms with Crippen molar-refractivity contribution in [2.75, 3.05) is 5.01 Å². The standard InChI is InChI=1S/C32H40N4O2/c37-32(38)36-29-16-10-12-24(21-29)11-6-4-2-1-3-5-7-13-25-14-8-9-15-26(25)22-27-17-19-33-30-23-28(18-20-34-36)35-31(27)30/h10,12,16-17,19,21,25-26,34H,1-9,11,13-15,22-23H2,(H,37,38). The highest BCUT2D eigenvalue weighted by Crippen LogP contribution is 2.39. The fourth-order valence-corrected chi connectivity index (χ4v) is 6.44. The molecule has 5 rings (SSSR count). The Kier molecular flexibility index (Phi) is 8.96. The zero-order valence-corrected chi connectivity index (χ0v) is 22.4. The molecule has 38 heavy (non-hydrogen) atoms. The van der Waals surface area contributed by atoms with Crippen molar-refractivity contribution in [3.8, 4) is 12.0 Å². The Bertz CT molecular complexity index is 1210. The van der Waals surface area contributed by atoms with Gasteiger partial charge < -0.3 is 5.11 Å². The number of amides is 1. The van der Waals surface area contributed by atoms with Gasteiger partial charge in [0.25, 0.3) is 0 Å². The fourth-order valence-electron chi connectivity index (χ4n) is 6.44. The number of aliphatic imine (C=N–C) groups is 1. The van der Waals surface area contributed by atoms with Crippen molar-refractivity contribution in [3.63, 3.8) is 0 Å². The summed E-state index contributed by atoms with van der Waals surface area (Å²) in [5.41, 5.74) is 8.49. The molecule has 0 radical (unpaired) electrons. The van der Waals surface area contributed by atoms with Crippen LogP contribution in [0.2, 0.25) is 0 Å². The van der Waals surface area contributed by atoms with Gasteiger partial charge in [0.05, 0.1) is 22.8 Å². The number of nitrogens with zero attached hydrogens (tertiary/aromatic N) is 3. The normalized spacial score (nSPS) is 22.7. The maximum Gasteiger partial charge on any atom is 0.431 e. The molecular formula is C32H40N4O2. The van der Waals surface area contributed by atoms with E-state index in [0.29, 0.717) is 12.1 Å². The van der Waals surface area contributed by atoms with E-state index >= 15 is 0 Å². The van der Waals surface area contributed by atoms with E-state index in [0.717, 1.165) is 58.8 Å². The molecule has 0 spiro atoms. The van der Waals surface area contributed by atoms with Crippen molar-refractivity contribution >= 4 is 23.2 Å². The molecule has 1 amide bonds. The summed E-state index contributed by atoms with van der Waals surface area (Å²) in [6.07, 6.45) is 19.2. The van der Waals surface area contributed by atoms with E-state index in [1.165, 1.54) is 76.2 Å². The van der Waals surface area contributed by atoms with Crippen LogP contribution in [0.15, 0.2) is 41.5 Å². The third-order valence-electron chi connectivity index (χ3n) is 8.49. The number of nitrogens with one attached hydrogen (secondary N) is 1. The molecule has 1 saturated carbocycles. The largest absolute Gasteiger partial charge is 0.463 e. The lowest BCUT2D eigenvalue weighted by molar-refractivity contribution is 0.200. The SMILES string of the molecule is O=C(O)N1NC#CC2=Nc3c(ccnc3C2)CC2CCCCC2CCCCCCCCCc2cccc1c2. The molecule has 2 aromatic rings. The molecule has 1 aliphatic carbocycles. The molecule has 2 N–H and O–H groups in total. The molecule has 6 heteroatoms. The summed E-state index contributed by atoms with van der Waals surface area (Å²) in [4.78, 5) is 21.5. The van der Waals surface area contributed by atoms with Crippen LogP contribution in [0.3, 0.4) is 0 Å². The maximum atomic E-state index is 12.0. The summed E-state index contributed by atoms with van der Waals surface area (Å²) in [5.74, 6) is 4.60. The van der Waals surface area contributed by atoms with Crippen LogP contribution >= 0.6 is 0 Å². The quantitative estimate of drug-likeness (QED) is 0.361. The number of benzene rings is 1. The second-order valence-electron chi connectivity index (χ2n) is 11.2. The molecule has 0 saturated heterocycles. The van der Waals surface area contributed by atoms with Gasteiger partial charge in [0.2, 0.25) is 0 Å². The summed E-state index contributed by atoms with van der Waals surface area (Å²) in [6, 6.07) is 12.7. The highest BCUT2D eigenvalue weighted by Gasteiger charge is 2.27. The Morgan fingerprint density at radius 3 is 2.50 bits per heavy atom. The van der Waals surface area contributed by atoms with Crippen LogP contribution in [0.25, 0.3) is 0 Å². The van der Waals surface area contributed by atoms with Gasteiger partial charge in [-0.25, -0.2) is 15.2 Å². The third-order valence-corrected chi connectivity index (χ3v) is 8.49. The number of carbonyl (C=O) groups is 1. The number of aromatic nitrogens is 1. The van der Waals surface area contributed by atoms with Gasteiger partial charge in [-0.1, -0.05) is 76.3 Å². The van der Waals surface area contributed by atoms with E-state index in [2.05, 4.69) is 34.5 Å². The zero-order chi connectivity index (χ0) is 26.2. The van der Waals surface area contributed by atoms with E-state index in [9.17, 15) is 9.90 Å². The summed E-state index contributed by atoms with van der Waals surface area (Å²) in [6.45, 7) is 0. The first-order valence-electron chi connectivity index (χ1n) is 14.6. The van der Waals surface area contributed by atoms with Gasteiger partial charge in [-0.15, -0.1) is 0 Å². The number of fused-ring (bicyclic) bond motifs is 3. The molecule has 1 aromatic heterocycles. The minimum absolute atomic E-state index is 0.574. The van der Waals surface area contributed by atoms with E-state index in [-0.39, 0.29) is 0 Å². The number of hydrogen-bond donors (Lipinski definition) is 2. The molecule has 1 fully saturated rings. The molecule has 1 aromatic carbocycles. The second kappa shape index (κ2) is 13.0. The Morgan fingerprint density at radius 2 is 1.68 bits per heavy atom. The molecule has 2 aliphatic heterocycles. The van der Waals surface area contributed by atoms with Crippen molar-refractivity contribution in [3.05, 3.63) is 53.3 Å². The second-order valence-corrected chi connectivity index (χ2v) is 11.2. The Labute approximate surface area is 226 Å². The molecule has 3 aliphatic rings. The van der Waals surface area contributed by atoms with Crippen molar-refractivity contribution < 1.29 is 9.90 Å². The van der Waals surface area contributed by atoms with Crippen molar-refractivity contribution in [1.82, 2.24) is 10.4 Å². The van der Waals surface area contributed by atoms with Gasteiger partial charge >= 0.3 is 6.09 Å². The van der Waals surface area contributed by atoms with E-state index in [4.69, 9.17) is 4.99 Å². The maximum absolute atomic E-state index is 12.0. The van der Waals surface area contributed by atoms with Crippen LogP contribution < -0.4 is 10.4 Å². The minimum Gasteiger partial charge on any atom is -0.463 e. The van der Waals surface area contributed by atoms with Crippen LogP contribution in [-0.2, 0) is 19.3 Å². The first kappa shape index (κ1) is 26.3. The average Bonchev–Trinajstić information content (AvgIpc) is 3.34. The Morgan fingerprint density at radius 1 is 0.947 bits per heavy atom. The fraction of sp³-hybridized carbons (Fsp3) is 0.531. The number of anilines is 1. The lowest BCUT2D eigenvalue weighted by atomic mass is 9.74. The number of carboxylic acid groups (broad SMARTS) is 1. The van der Waals surface area contributed by atoms with Crippen LogP contribution in [0.4, 0.5) is 16.2 Å². The van der Waals surface area contributed by atoms with Crippen molar-refractivity contribution in [1.29, 1.82) is 0 Å². The van der Waals surface area contributed by atoms with Gasteiger partial charge in [-0.05, 0) is 72.8 Å². The highest BCUT2D eigenvalue weighted by atomic mass is 16.4. The highest BCUT2D eigenvalue weighted by molar-refractivity contribution is 6.06. The van der Waals surface area contributed by atoms with Gasteiger partial charge in [0.15, 0.2) is 0 Å². The summed E-state index contributed by atoms with van der Waals surface area (Å²) in [5, 5.41) is 10.9. The van der Waals surface area contributed by atoms with Crippen LogP contribution in [-0.4, -0.2) is 21.9 Å². The third kappa shape index (κ3) is 6.75. The van der Waals surface area contributed by atoms with Crippen LogP contribution in [0.1, 0.15) is 93.9 Å². The van der Waals surface area contributed by atoms with Gasteiger partial charge in [-0.2, -0.15) is 5.01 Å². The predicted molar refractivity (Wildman–Crippen MR) is 153 cm³/mol. The number of hydrogen-bond acceptors (Lipinski definition) is 4. The lowest BCUT2D eigenvalue weighted by Gasteiger charge is -2.32. The van der Waals surface area contributed by atoms with Gasteiger partial charge in [0, 0.05) is 18.7 Å². The molecule has 4 bridgehead atoms. The topological polar surface area (TPSA) is 77.8 Å². The summed E-state index contributed by atoms with van der Waals surface area (Å²) in [7, 11) is 0. The van der Waals surface area contributed by atoms with Crippen LogP contribution in [0.5, 0.6) is 0 Å². The Balaban J connectivity index is 1.37. The van der Waals surface area contributed by atoms with Gasteiger partial charge in [-0.3, -0.25) is 4.98 Å². The van der Waals surface area contributed by atoms with E-state index in [1.807, 2.05) is 18.3 Å². The van der Waals surface area contributed by atoms with Crippen molar-refractivity contribution in [2.45, 2.75) is 96.3 Å². The van der Waals surface area contributed by atoms with Crippen molar-refractivity contribution in [2.24, 2.45) is 16.8 Å². The number of pyridine rings is 1. The smallest absolute Gasteiger partial charge is 0.431 e. The number of aryl methyl sites for hydroxylation is 1. The summed E-state index contributed by atoms with van der Waals surface area (Å²) >= 11 is 0. The molecule has 200 valence electrons. The zero-order valence-electron chi connectivity index (χ0n) is 22.4. The number of hydrazine groups is 1. The molecule has 2 unspecified atom stereocenters. The van der Waals surface area contributed by atoms with E-state index in [1.54, 1.807) is 6.07 Å².